The van der Waals surface area contributed by atoms with Crippen LogP contribution in [0.2, 0.25) is 0 Å². The van der Waals surface area contributed by atoms with Crippen LogP contribution in [-0.2, 0) is 21.3 Å². The average Bonchev–Trinajstić information content (AvgIpc) is 3.04. The summed E-state index contributed by atoms with van der Waals surface area (Å²) in [5.41, 5.74) is 6.87. The molecule has 252 valence electrons. The molecule has 0 spiro atoms. The average molecular weight is 682 g/mol. The smallest absolute Gasteiger partial charge is 0.404 e. The lowest BCUT2D eigenvalue weighted by atomic mass is 10.0. The van der Waals surface area contributed by atoms with Gasteiger partial charge in [-0.3, -0.25) is 13.8 Å². The van der Waals surface area contributed by atoms with Crippen LogP contribution in [0.1, 0.15) is 32.7 Å². The Morgan fingerprint density at radius 2 is 1.83 bits per heavy atom. The standard InChI is InChI=1S/C21H19F2N3O3S.C12H14N2O4/c1-30(27)12-13-7-20-25-19-10-16(17(23)11-24-19)15-4-3-14(22)9-18(15)28-5-2-6-29-21(8-13)26-20;1-14(6-7-18-12(13)17)11(16)10-5-3-2-4-9(10)8-15/h3-4,7-11H,2,5-6,12H2,1H3,(H,24,25,26);2-5,8H,6-7H2,1H3,(H2,13,17). The lowest BCUT2D eigenvalue weighted by molar-refractivity contribution is 0.0747. The lowest BCUT2D eigenvalue weighted by Crippen LogP contribution is -2.32. The van der Waals surface area contributed by atoms with E-state index in [1.165, 1.54) is 29.2 Å². The maximum absolute atomic E-state index is 14.6. The molecule has 4 bridgehead atoms. The molecule has 1 atom stereocenters. The maximum atomic E-state index is 14.6. The van der Waals surface area contributed by atoms with Crippen LogP contribution in [0.4, 0.5) is 25.2 Å². The number of nitrogens with one attached hydrogen (secondary N) is 1. The highest BCUT2D eigenvalue weighted by Gasteiger charge is 2.17. The quantitative estimate of drug-likeness (QED) is 0.257. The second-order valence-corrected chi connectivity index (χ2v) is 11.8. The summed E-state index contributed by atoms with van der Waals surface area (Å²) in [6.07, 6.45) is 2.95. The van der Waals surface area contributed by atoms with E-state index in [0.29, 0.717) is 59.3 Å². The molecule has 12 nitrogen and oxygen atoms in total. The van der Waals surface area contributed by atoms with Crippen molar-refractivity contribution >= 4 is 40.7 Å². The van der Waals surface area contributed by atoms with Gasteiger partial charge >= 0.3 is 6.09 Å². The van der Waals surface area contributed by atoms with Crippen LogP contribution in [0.5, 0.6) is 11.6 Å². The normalized spacial score (nSPS) is 12.6. The van der Waals surface area contributed by atoms with E-state index >= 15 is 0 Å². The highest BCUT2D eigenvalue weighted by molar-refractivity contribution is 7.83. The van der Waals surface area contributed by atoms with Gasteiger partial charge in [0.05, 0.1) is 31.5 Å². The first-order chi connectivity index (χ1) is 23.0. The van der Waals surface area contributed by atoms with Gasteiger partial charge in [0.15, 0.2) is 6.29 Å². The molecule has 15 heteroatoms. The van der Waals surface area contributed by atoms with Crippen LogP contribution >= 0.6 is 0 Å². The highest BCUT2D eigenvalue weighted by atomic mass is 32.2. The van der Waals surface area contributed by atoms with Crippen molar-refractivity contribution in [3.05, 3.63) is 95.2 Å². The largest absolute Gasteiger partial charge is 0.493 e. The number of amides is 2. The predicted molar refractivity (Wildman–Crippen MR) is 175 cm³/mol. The number of primary amides is 1. The fourth-order valence-corrected chi connectivity index (χ4v) is 5.14. The van der Waals surface area contributed by atoms with Gasteiger partial charge in [-0.15, -0.1) is 0 Å². The number of aromatic nitrogens is 2. The lowest BCUT2D eigenvalue weighted by Gasteiger charge is -2.17. The second kappa shape index (κ2) is 16.9. The van der Waals surface area contributed by atoms with Crippen LogP contribution in [0.3, 0.4) is 0 Å². The van der Waals surface area contributed by atoms with Gasteiger partial charge in [-0.1, -0.05) is 18.2 Å². The van der Waals surface area contributed by atoms with Crippen molar-refractivity contribution in [2.45, 2.75) is 12.2 Å². The Labute approximate surface area is 277 Å². The molecule has 0 saturated heterocycles. The van der Waals surface area contributed by atoms with Gasteiger partial charge in [-0.05, 0) is 35.9 Å². The van der Waals surface area contributed by atoms with E-state index in [-0.39, 0.29) is 37.0 Å². The summed E-state index contributed by atoms with van der Waals surface area (Å²) in [6, 6.07) is 15.4. The van der Waals surface area contributed by atoms with Crippen molar-refractivity contribution < 1.29 is 41.6 Å². The Kier molecular flexibility index (Phi) is 12.5. The van der Waals surface area contributed by atoms with Gasteiger partial charge in [-0.25, -0.2) is 18.6 Å². The number of pyridine rings is 2. The molecule has 3 heterocycles. The summed E-state index contributed by atoms with van der Waals surface area (Å²) >= 11 is 0. The molecule has 0 saturated carbocycles. The minimum absolute atomic E-state index is 0.0147. The van der Waals surface area contributed by atoms with E-state index in [1.54, 1.807) is 49.7 Å². The van der Waals surface area contributed by atoms with E-state index in [0.717, 1.165) is 11.8 Å². The van der Waals surface area contributed by atoms with Crippen LogP contribution in [0.25, 0.3) is 11.1 Å². The molecule has 4 aromatic rings. The Hall–Kier alpha value is -5.44. The number of rotatable bonds is 7. The van der Waals surface area contributed by atoms with Crippen molar-refractivity contribution in [1.82, 2.24) is 14.9 Å². The number of nitrogens with zero attached hydrogens (tertiary/aromatic N) is 3. The molecule has 2 aromatic carbocycles. The molecule has 3 N–H and O–H groups in total. The number of anilines is 2. The fraction of sp³-hybridized carbons (Fsp3) is 0.242. The number of likely N-dealkylation sites (N-methyl/N-ethyl adjacent to an activating group) is 1. The molecular formula is C33H33F2N5O7S. The van der Waals surface area contributed by atoms with Crippen LogP contribution in [0, 0.1) is 11.6 Å². The number of carbonyl (C=O) groups excluding carboxylic acids is 3. The van der Waals surface area contributed by atoms with E-state index in [9.17, 15) is 27.4 Å². The Morgan fingerprint density at radius 3 is 2.58 bits per heavy atom. The first kappa shape index (κ1) is 35.4. The van der Waals surface area contributed by atoms with Gasteiger partial charge in [-0.2, -0.15) is 4.98 Å². The van der Waals surface area contributed by atoms with Crippen molar-refractivity contribution in [3.8, 4) is 22.8 Å². The molecule has 1 aliphatic rings. The maximum Gasteiger partial charge on any atom is 0.404 e. The van der Waals surface area contributed by atoms with Gasteiger partial charge in [0.1, 0.15) is 35.6 Å². The van der Waals surface area contributed by atoms with Gasteiger partial charge in [0.25, 0.3) is 5.91 Å². The van der Waals surface area contributed by atoms with E-state index in [1.807, 2.05) is 0 Å². The fourth-order valence-electron chi connectivity index (χ4n) is 4.50. The number of hydrogen-bond donors (Lipinski definition) is 2. The molecular weight excluding hydrogens is 648 g/mol. The molecule has 1 unspecified atom stereocenters. The number of halogens is 2. The minimum atomic E-state index is -1.04. The summed E-state index contributed by atoms with van der Waals surface area (Å²) in [5.74, 6) is 0.384. The van der Waals surface area contributed by atoms with Gasteiger partial charge < -0.3 is 30.2 Å². The summed E-state index contributed by atoms with van der Waals surface area (Å²) in [6.45, 7) is 0.781. The number of hydrogen-bond acceptors (Lipinski definition) is 10. The minimum Gasteiger partial charge on any atom is -0.493 e. The molecule has 0 fully saturated rings. The zero-order valence-corrected chi connectivity index (χ0v) is 26.9. The molecule has 2 amide bonds. The van der Waals surface area contributed by atoms with Gasteiger partial charge in [0, 0.05) is 65.1 Å². The Balaban J connectivity index is 0.000000248. The summed E-state index contributed by atoms with van der Waals surface area (Å²) in [7, 11) is 0.510. The predicted octanol–water partition coefficient (Wildman–Crippen LogP) is 4.87. The summed E-state index contributed by atoms with van der Waals surface area (Å²) in [5, 5.41) is 3.04. The number of carbonyl (C=O) groups is 3. The van der Waals surface area contributed by atoms with E-state index < -0.39 is 28.5 Å². The first-order valence-corrected chi connectivity index (χ1v) is 16.3. The summed E-state index contributed by atoms with van der Waals surface area (Å²) in [4.78, 5) is 43.0. The molecule has 2 aromatic heterocycles. The Bertz CT molecular complexity index is 1810. The molecule has 1 aliphatic heterocycles. The molecule has 0 radical (unpaired) electrons. The number of nitrogens with two attached hydrogens (primary N) is 1. The third-order valence-corrected chi connectivity index (χ3v) is 7.45. The van der Waals surface area contributed by atoms with Crippen molar-refractivity contribution in [2.75, 3.05) is 45.0 Å². The van der Waals surface area contributed by atoms with Gasteiger partial charge in [0.2, 0.25) is 5.88 Å². The molecule has 0 aliphatic carbocycles. The van der Waals surface area contributed by atoms with E-state index in [4.69, 9.17) is 15.2 Å². The molecule has 48 heavy (non-hydrogen) atoms. The Morgan fingerprint density at radius 1 is 1.06 bits per heavy atom. The number of ether oxygens (including phenoxy) is 3. The second-order valence-electron chi connectivity index (χ2n) is 10.4. The van der Waals surface area contributed by atoms with Crippen molar-refractivity contribution in [2.24, 2.45) is 5.73 Å². The zero-order valence-electron chi connectivity index (χ0n) is 26.1. The van der Waals surface area contributed by atoms with E-state index in [2.05, 4.69) is 20.0 Å². The number of benzene rings is 2. The number of aldehydes is 1. The third-order valence-electron chi connectivity index (χ3n) is 6.71. The SMILES string of the molecule is CN(CCOC(N)=O)C(=O)c1ccccc1C=O.CS(=O)Cc1cc2nc(c1)OCCCOc1cc(F)ccc1-c1cc(ncc1F)N2. The van der Waals surface area contributed by atoms with Crippen molar-refractivity contribution in [1.29, 1.82) is 0 Å². The summed E-state index contributed by atoms with van der Waals surface area (Å²) < 4.78 is 55.9. The van der Waals surface area contributed by atoms with Crippen LogP contribution in [-0.4, -0.2) is 77.0 Å². The van der Waals surface area contributed by atoms with Crippen LogP contribution < -0.4 is 20.5 Å². The highest BCUT2D eigenvalue weighted by Crippen LogP contribution is 2.34. The zero-order chi connectivity index (χ0) is 34.6. The topological polar surface area (TPSA) is 163 Å². The third kappa shape index (κ3) is 10.0. The monoisotopic (exact) mass is 681 g/mol. The van der Waals surface area contributed by atoms with Crippen molar-refractivity contribution in [3.63, 3.8) is 0 Å². The van der Waals surface area contributed by atoms with Crippen LogP contribution in [0.15, 0.2) is 66.9 Å². The molecule has 5 rings (SSSR count). The number of fused-ring (bicyclic) bond motifs is 6. The first-order valence-electron chi connectivity index (χ1n) is 14.5.